The third kappa shape index (κ3) is 3.93. The molecule has 3 N–H and O–H groups in total. The summed E-state index contributed by atoms with van der Waals surface area (Å²) in [5.41, 5.74) is 5.78. The van der Waals surface area contributed by atoms with Gasteiger partial charge in [-0.1, -0.05) is 6.42 Å². The van der Waals surface area contributed by atoms with E-state index < -0.39 is 5.91 Å². The van der Waals surface area contributed by atoms with Crippen LogP contribution in [-0.2, 0) is 0 Å². The first-order valence-corrected chi connectivity index (χ1v) is 7.41. The molecule has 1 atom stereocenters. The molecule has 20 heavy (non-hydrogen) atoms. The maximum atomic E-state index is 11.3. The SMILES string of the molecule is CC1CCCCN1CCCNc1ncccc1C(N)=O. The van der Waals surface area contributed by atoms with Crippen molar-refractivity contribution in [1.82, 2.24) is 9.88 Å². The number of carbonyl (C=O) groups is 1. The summed E-state index contributed by atoms with van der Waals surface area (Å²) in [5.74, 6) is 0.150. The van der Waals surface area contributed by atoms with Crippen LogP contribution in [0.3, 0.4) is 0 Å². The summed E-state index contributed by atoms with van der Waals surface area (Å²) in [5, 5.41) is 3.21. The number of nitrogens with two attached hydrogens (primary N) is 1. The molecular weight excluding hydrogens is 252 g/mol. The number of rotatable bonds is 6. The number of anilines is 1. The van der Waals surface area contributed by atoms with Crippen molar-refractivity contribution in [2.75, 3.05) is 25.0 Å². The second-order valence-corrected chi connectivity index (χ2v) is 5.42. The van der Waals surface area contributed by atoms with E-state index in [2.05, 4.69) is 22.1 Å². The van der Waals surface area contributed by atoms with Crippen molar-refractivity contribution in [2.24, 2.45) is 5.73 Å². The van der Waals surface area contributed by atoms with E-state index in [-0.39, 0.29) is 0 Å². The molecule has 1 aliphatic heterocycles. The minimum absolute atomic E-state index is 0.440. The maximum absolute atomic E-state index is 11.3. The Kier molecular flexibility index (Phi) is 5.35. The Morgan fingerprint density at radius 3 is 3.15 bits per heavy atom. The molecule has 0 spiro atoms. The topological polar surface area (TPSA) is 71.2 Å². The third-order valence-electron chi connectivity index (χ3n) is 3.93. The molecule has 0 aromatic carbocycles. The summed E-state index contributed by atoms with van der Waals surface area (Å²) < 4.78 is 0. The zero-order valence-electron chi connectivity index (χ0n) is 12.1. The molecule has 1 aromatic rings. The molecule has 1 aliphatic rings. The highest BCUT2D eigenvalue weighted by Crippen LogP contribution is 2.16. The van der Waals surface area contributed by atoms with Crippen LogP contribution in [0.1, 0.15) is 43.0 Å². The molecule has 1 saturated heterocycles. The van der Waals surface area contributed by atoms with Gasteiger partial charge in [0.05, 0.1) is 5.56 Å². The zero-order chi connectivity index (χ0) is 14.4. The summed E-state index contributed by atoms with van der Waals surface area (Å²) >= 11 is 0. The van der Waals surface area contributed by atoms with E-state index in [9.17, 15) is 4.79 Å². The molecular formula is C15H24N4O. The van der Waals surface area contributed by atoms with Gasteiger partial charge in [-0.3, -0.25) is 4.79 Å². The van der Waals surface area contributed by atoms with Gasteiger partial charge in [0.25, 0.3) is 5.91 Å². The first kappa shape index (κ1) is 14.8. The summed E-state index contributed by atoms with van der Waals surface area (Å²) in [6, 6.07) is 4.12. The van der Waals surface area contributed by atoms with E-state index in [1.807, 2.05) is 0 Å². The Morgan fingerprint density at radius 1 is 1.55 bits per heavy atom. The Hall–Kier alpha value is -1.62. The van der Waals surface area contributed by atoms with Crippen LogP contribution in [0.5, 0.6) is 0 Å². The second kappa shape index (κ2) is 7.24. The largest absolute Gasteiger partial charge is 0.369 e. The van der Waals surface area contributed by atoms with E-state index in [1.54, 1.807) is 18.3 Å². The molecule has 0 aliphatic carbocycles. The number of primary amides is 1. The van der Waals surface area contributed by atoms with Crippen molar-refractivity contribution in [3.63, 3.8) is 0 Å². The number of nitrogens with zero attached hydrogens (tertiary/aromatic N) is 2. The lowest BCUT2D eigenvalue weighted by atomic mass is 10.0. The number of hydrogen-bond acceptors (Lipinski definition) is 4. The standard InChI is InChI=1S/C15H24N4O/c1-12-6-2-3-10-19(12)11-5-9-18-15-13(14(16)20)7-4-8-17-15/h4,7-8,12H,2-3,5-6,9-11H2,1H3,(H2,16,20)(H,17,18). The number of amides is 1. The van der Waals surface area contributed by atoms with Crippen LogP contribution in [0.25, 0.3) is 0 Å². The van der Waals surface area contributed by atoms with Crippen LogP contribution in [0.15, 0.2) is 18.3 Å². The van der Waals surface area contributed by atoms with Crippen molar-refractivity contribution in [2.45, 2.75) is 38.6 Å². The Morgan fingerprint density at radius 2 is 2.40 bits per heavy atom. The molecule has 0 radical (unpaired) electrons. The van der Waals surface area contributed by atoms with Crippen LogP contribution in [-0.4, -0.2) is 41.5 Å². The van der Waals surface area contributed by atoms with Crippen LogP contribution in [0.2, 0.25) is 0 Å². The Balaban J connectivity index is 1.77. The highest BCUT2D eigenvalue weighted by Gasteiger charge is 2.17. The third-order valence-corrected chi connectivity index (χ3v) is 3.93. The Labute approximate surface area is 120 Å². The lowest BCUT2D eigenvalue weighted by Gasteiger charge is -2.33. The van der Waals surface area contributed by atoms with E-state index in [4.69, 9.17) is 5.73 Å². The average molecular weight is 276 g/mol. The number of likely N-dealkylation sites (tertiary alicyclic amines) is 1. The van der Waals surface area contributed by atoms with Gasteiger partial charge in [0, 0.05) is 25.3 Å². The minimum Gasteiger partial charge on any atom is -0.369 e. The first-order chi connectivity index (χ1) is 9.68. The summed E-state index contributed by atoms with van der Waals surface area (Å²) in [7, 11) is 0. The normalized spacial score (nSPS) is 19.8. The molecule has 2 heterocycles. The number of pyridine rings is 1. The quantitative estimate of drug-likeness (QED) is 0.778. The smallest absolute Gasteiger partial charge is 0.252 e. The minimum atomic E-state index is -0.440. The van der Waals surface area contributed by atoms with Crippen LogP contribution in [0, 0.1) is 0 Å². The highest BCUT2D eigenvalue weighted by atomic mass is 16.1. The first-order valence-electron chi connectivity index (χ1n) is 7.41. The molecule has 2 rings (SSSR count). The molecule has 5 heteroatoms. The number of carbonyl (C=O) groups excluding carboxylic acids is 1. The monoisotopic (exact) mass is 276 g/mol. The van der Waals surface area contributed by atoms with Crippen molar-refractivity contribution in [3.8, 4) is 0 Å². The summed E-state index contributed by atoms with van der Waals surface area (Å²) in [6.07, 6.45) is 6.68. The van der Waals surface area contributed by atoms with Gasteiger partial charge in [0.2, 0.25) is 0 Å². The fourth-order valence-corrected chi connectivity index (χ4v) is 2.72. The zero-order valence-corrected chi connectivity index (χ0v) is 12.1. The fraction of sp³-hybridized carbons (Fsp3) is 0.600. The van der Waals surface area contributed by atoms with Crippen molar-refractivity contribution < 1.29 is 4.79 Å². The number of nitrogens with one attached hydrogen (secondary N) is 1. The molecule has 5 nitrogen and oxygen atoms in total. The summed E-state index contributed by atoms with van der Waals surface area (Å²) in [6.45, 7) is 5.40. The molecule has 110 valence electrons. The summed E-state index contributed by atoms with van der Waals surface area (Å²) in [4.78, 5) is 18.0. The van der Waals surface area contributed by atoms with Gasteiger partial charge >= 0.3 is 0 Å². The second-order valence-electron chi connectivity index (χ2n) is 5.42. The van der Waals surface area contributed by atoms with Gasteiger partial charge in [0.15, 0.2) is 0 Å². The van der Waals surface area contributed by atoms with Crippen LogP contribution < -0.4 is 11.1 Å². The van der Waals surface area contributed by atoms with E-state index in [0.29, 0.717) is 17.4 Å². The van der Waals surface area contributed by atoms with E-state index in [1.165, 1.54) is 25.8 Å². The number of hydrogen-bond donors (Lipinski definition) is 2. The van der Waals surface area contributed by atoms with E-state index in [0.717, 1.165) is 19.5 Å². The molecule has 1 aromatic heterocycles. The molecule has 1 unspecified atom stereocenters. The maximum Gasteiger partial charge on any atom is 0.252 e. The van der Waals surface area contributed by atoms with Gasteiger partial charge < -0.3 is 16.0 Å². The lowest BCUT2D eigenvalue weighted by Crippen LogP contribution is -2.38. The lowest BCUT2D eigenvalue weighted by molar-refractivity contribution is 0.100. The van der Waals surface area contributed by atoms with Gasteiger partial charge in [0.1, 0.15) is 5.82 Å². The van der Waals surface area contributed by atoms with E-state index >= 15 is 0 Å². The molecule has 0 saturated carbocycles. The fourth-order valence-electron chi connectivity index (χ4n) is 2.72. The molecule has 0 bridgehead atoms. The number of aromatic nitrogens is 1. The number of piperidine rings is 1. The van der Waals surface area contributed by atoms with Gasteiger partial charge in [-0.2, -0.15) is 0 Å². The van der Waals surface area contributed by atoms with Crippen molar-refractivity contribution >= 4 is 11.7 Å². The van der Waals surface area contributed by atoms with Crippen LogP contribution >= 0.6 is 0 Å². The van der Waals surface area contributed by atoms with Gasteiger partial charge in [-0.25, -0.2) is 4.98 Å². The van der Waals surface area contributed by atoms with Crippen molar-refractivity contribution in [1.29, 1.82) is 0 Å². The van der Waals surface area contributed by atoms with Crippen molar-refractivity contribution in [3.05, 3.63) is 23.9 Å². The predicted octanol–water partition coefficient (Wildman–Crippen LogP) is 1.86. The predicted molar refractivity (Wildman–Crippen MR) is 80.7 cm³/mol. The Bertz CT molecular complexity index is 449. The highest BCUT2D eigenvalue weighted by molar-refractivity contribution is 5.97. The van der Waals surface area contributed by atoms with Crippen LogP contribution in [0.4, 0.5) is 5.82 Å². The van der Waals surface area contributed by atoms with Gasteiger partial charge in [-0.15, -0.1) is 0 Å². The molecule has 1 fully saturated rings. The molecule has 1 amide bonds. The average Bonchev–Trinajstić information content (AvgIpc) is 2.45. The van der Waals surface area contributed by atoms with Gasteiger partial charge in [-0.05, 0) is 44.9 Å².